The molecular weight excluding hydrogens is 236 g/mol. The monoisotopic (exact) mass is 256 g/mol. The van der Waals surface area contributed by atoms with E-state index in [-0.39, 0.29) is 11.5 Å². The lowest BCUT2D eigenvalue weighted by molar-refractivity contribution is 0.317. The highest BCUT2D eigenvalue weighted by Gasteiger charge is 2.21. The van der Waals surface area contributed by atoms with Crippen LogP contribution in [0.3, 0.4) is 0 Å². The van der Waals surface area contributed by atoms with E-state index in [9.17, 15) is 0 Å². The van der Waals surface area contributed by atoms with Crippen molar-refractivity contribution in [2.75, 3.05) is 13.7 Å². The molecule has 4 N–H and O–H groups in total. The van der Waals surface area contributed by atoms with Gasteiger partial charge in [0.15, 0.2) is 0 Å². The Morgan fingerprint density at radius 2 is 2.06 bits per heavy atom. The predicted molar refractivity (Wildman–Crippen MR) is 72.4 cm³/mol. The molecule has 1 atom stereocenters. The standard InChI is InChI=1S/C13H21ClN2O/c1-13(2,8-15)7-11(16)9-4-5-12(17-3)10(14)6-9/h4-6,11H,7-8,15-16H2,1-3H3. The fraction of sp³-hybridized carbons (Fsp3) is 0.538. The molecule has 1 rings (SSSR count). The SMILES string of the molecule is COc1ccc(C(N)CC(C)(C)CN)cc1Cl. The molecule has 1 aromatic rings. The van der Waals surface area contributed by atoms with E-state index in [2.05, 4.69) is 13.8 Å². The largest absolute Gasteiger partial charge is 0.495 e. The number of rotatable bonds is 5. The van der Waals surface area contributed by atoms with E-state index < -0.39 is 0 Å². The van der Waals surface area contributed by atoms with Crippen LogP contribution >= 0.6 is 11.6 Å². The van der Waals surface area contributed by atoms with Gasteiger partial charge in [0.2, 0.25) is 0 Å². The number of hydrogen-bond acceptors (Lipinski definition) is 3. The first-order valence-electron chi connectivity index (χ1n) is 5.69. The summed E-state index contributed by atoms with van der Waals surface area (Å²) in [5.74, 6) is 0.667. The minimum atomic E-state index is -0.0584. The molecule has 0 heterocycles. The Balaban J connectivity index is 2.83. The number of methoxy groups -OCH3 is 1. The van der Waals surface area contributed by atoms with Crippen LogP contribution in [-0.4, -0.2) is 13.7 Å². The number of nitrogens with two attached hydrogens (primary N) is 2. The highest BCUT2D eigenvalue weighted by molar-refractivity contribution is 6.32. The lowest BCUT2D eigenvalue weighted by Crippen LogP contribution is -2.28. The van der Waals surface area contributed by atoms with E-state index in [1.54, 1.807) is 7.11 Å². The molecule has 0 aliphatic heterocycles. The topological polar surface area (TPSA) is 61.3 Å². The molecule has 3 nitrogen and oxygen atoms in total. The molecule has 0 radical (unpaired) electrons. The van der Waals surface area contributed by atoms with Crippen molar-refractivity contribution in [1.82, 2.24) is 0 Å². The zero-order chi connectivity index (χ0) is 13.1. The molecule has 0 bridgehead atoms. The smallest absolute Gasteiger partial charge is 0.137 e. The minimum Gasteiger partial charge on any atom is -0.495 e. The summed E-state index contributed by atoms with van der Waals surface area (Å²) in [7, 11) is 1.60. The summed E-state index contributed by atoms with van der Waals surface area (Å²) in [4.78, 5) is 0. The Labute approximate surface area is 108 Å². The third kappa shape index (κ3) is 3.87. The third-order valence-electron chi connectivity index (χ3n) is 2.93. The van der Waals surface area contributed by atoms with Crippen molar-refractivity contribution < 1.29 is 4.74 Å². The van der Waals surface area contributed by atoms with Crippen LogP contribution in [-0.2, 0) is 0 Å². The second-order valence-corrected chi connectivity index (χ2v) is 5.48. The van der Waals surface area contributed by atoms with Gasteiger partial charge >= 0.3 is 0 Å². The first kappa shape index (κ1) is 14.3. The quantitative estimate of drug-likeness (QED) is 0.852. The van der Waals surface area contributed by atoms with Gasteiger partial charge in [0.25, 0.3) is 0 Å². The van der Waals surface area contributed by atoms with E-state index in [0.717, 1.165) is 12.0 Å². The molecule has 4 heteroatoms. The molecule has 96 valence electrons. The van der Waals surface area contributed by atoms with Crippen molar-refractivity contribution in [3.63, 3.8) is 0 Å². The summed E-state index contributed by atoms with van der Waals surface area (Å²) in [5, 5.41) is 0.589. The molecule has 1 aromatic carbocycles. The molecule has 0 spiro atoms. The Bertz CT molecular complexity index is 380. The Morgan fingerprint density at radius 1 is 1.41 bits per heavy atom. The molecule has 0 fully saturated rings. The summed E-state index contributed by atoms with van der Waals surface area (Å²) in [5.41, 5.74) is 12.9. The lowest BCUT2D eigenvalue weighted by atomic mass is 9.84. The number of hydrogen-bond donors (Lipinski definition) is 2. The minimum absolute atomic E-state index is 0.0336. The summed E-state index contributed by atoms with van der Waals surface area (Å²) in [6, 6.07) is 5.59. The van der Waals surface area contributed by atoms with E-state index in [0.29, 0.717) is 17.3 Å². The van der Waals surface area contributed by atoms with Crippen molar-refractivity contribution in [2.45, 2.75) is 26.3 Å². The molecule has 0 saturated carbocycles. The average molecular weight is 257 g/mol. The van der Waals surface area contributed by atoms with Gasteiger partial charge in [0.05, 0.1) is 12.1 Å². The molecule has 1 unspecified atom stereocenters. The van der Waals surface area contributed by atoms with Crippen LogP contribution in [0.25, 0.3) is 0 Å². The Hall–Kier alpha value is -0.770. The van der Waals surface area contributed by atoms with E-state index in [1.165, 1.54) is 0 Å². The van der Waals surface area contributed by atoms with Gasteiger partial charge in [-0.2, -0.15) is 0 Å². The normalized spacial score (nSPS) is 13.5. The van der Waals surface area contributed by atoms with Crippen LogP contribution in [0.2, 0.25) is 5.02 Å². The Kier molecular flexibility index (Phi) is 4.80. The fourth-order valence-electron chi connectivity index (χ4n) is 1.71. The van der Waals surface area contributed by atoms with Crippen LogP contribution in [0.4, 0.5) is 0 Å². The molecule has 0 aliphatic rings. The fourth-order valence-corrected chi connectivity index (χ4v) is 1.98. The van der Waals surface area contributed by atoms with Gasteiger partial charge in [0.1, 0.15) is 5.75 Å². The van der Waals surface area contributed by atoms with Crippen molar-refractivity contribution in [3.05, 3.63) is 28.8 Å². The van der Waals surface area contributed by atoms with Gasteiger partial charge in [0, 0.05) is 6.04 Å². The Morgan fingerprint density at radius 3 is 2.53 bits per heavy atom. The van der Waals surface area contributed by atoms with Crippen molar-refractivity contribution in [2.24, 2.45) is 16.9 Å². The summed E-state index contributed by atoms with van der Waals surface area (Å²) >= 11 is 6.07. The van der Waals surface area contributed by atoms with Crippen LogP contribution in [0, 0.1) is 5.41 Å². The maximum atomic E-state index is 6.16. The van der Waals surface area contributed by atoms with Crippen LogP contribution in [0.15, 0.2) is 18.2 Å². The summed E-state index contributed by atoms with van der Waals surface area (Å²) in [6.45, 7) is 4.83. The van der Waals surface area contributed by atoms with Crippen LogP contribution < -0.4 is 16.2 Å². The molecule has 0 aromatic heterocycles. The average Bonchev–Trinajstić information content (AvgIpc) is 2.28. The molecule has 17 heavy (non-hydrogen) atoms. The van der Waals surface area contributed by atoms with Crippen LogP contribution in [0.1, 0.15) is 31.9 Å². The van der Waals surface area contributed by atoms with Gasteiger partial charge in [-0.1, -0.05) is 31.5 Å². The molecule has 0 saturated heterocycles. The van der Waals surface area contributed by atoms with Crippen molar-refractivity contribution in [3.8, 4) is 5.75 Å². The molecular formula is C13H21ClN2O. The highest BCUT2D eigenvalue weighted by atomic mass is 35.5. The van der Waals surface area contributed by atoms with Gasteiger partial charge in [-0.3, -0.25) is 0 Å². The molecule has 0 aliphatic carbocycles. The third-order valence-corrected chi connectivity index (χ3v) is 3.22. The van der Waals surface area contributed by atoms with E-state index >= 15 is 0 Å². The van der Waals surface area contributed by atoms with Gasteiger partial charge in [-0.25, -0.2) is 0 Å². The number of benzene rings is 1. The summed E-state index contributed by atoms with van der Waals surface area (Å²) in [6.07, 6.45) is 0.826. The van der Waals surface area contributed by atoms with Crippen molar-refractivity contribution >= 4 is 11.6 Å². The first-order valence-corrected chi connectivity index (χ1v) is 6.06. The van der Waals surface area contributed by atoms with Gasteiger partial charge < -0.3 is 16.2 Å². The van der Waals surface area contributed by atoms with Gasteiger partial charge in [-0.15, -0.1) is 0 Å². The lowest BCUT2D eigenvalue weighted by Gasteiger charge is -2.26. The molecule has 0 amide bonds. The van der Waals surface area contributed by atoms with Crippen molar-refractivity contribution in [1.29, 1.82) is 0 Å². The maximum Gasteiger partial charge on any atom is 0.137 e. The maximum absolute atomic E-state index is 6.16. The van der Waals surface area contributed by atoms with Gasteiger partial charge in [-0.05, 0) is 36.1 Å². The zero-order valence-corrected chi connectivity index (χ0v) is 11.4. The summed E-state index contributed by atoms with van der Waals surface area (Å²) < 4.78 is 5.11. The number of ether oxygens (including phenoxy) is 1. The second-order valence-electron chi connectivity index (χ2n) is 5.07. The van der Waals surface area contributed by atoms with Crippen LogP contribution in [0.5, 0.6) is 5.75 Å². The highest BCUT2D eigenvalue weighted by Crippen LogP contribution is 2.31. The van der Waals surface area contributed by atoms with E-state index in [4.69, 9.17) is 27.8 Å². The number of halogens is 1. The second kappa shape index (κ2) is 5.71. The first-order chi connectivity index (χ1) is 7.89. The predicted octanol–water partition coefficient (Wildman–Crippen LogP) is 2.72. The van der Waals surface area contributed by atoms with E-state index in [1.807, 2.05) is 18.2 Å². The zero-order valence-electron chi connectivity index (χ0n) is 10.7.